The van der Waals surface area contributed by atoms with E-state index >= 15 is 0 Å². The highest BCUT2D eigenvalue weighted by atomic mass is 35.5. The normalized spacial score (nSPS) is 17.8. The minimum Gasteiger partial charge on any atom is -0.508 e. The SMILES string of the molecule is Cl.Cl.Oc1ccc([C@H](N2CCNCC2)C(F)(F)F)cc1. The molecule has 1 fully saturated rings. The van der Waals surface area contributed by atoms with Gasteiger partial charge in [0.15, 0.2) is 0 Å². The van der Waals surface area contributed by atoms with E-state index in [0.717, 1.165) is 0 Å². The van der Waals surface area contributed by atoms with Crippen molar-refractivity contribution < 1.29 is 18.3 Å². The number of rotatable bonds is 2. The lowest BCUT2D eigenvalue weighted by molar-refractivity contribution is -0.187. The molecule has 0 spiro atoms. The van der Waals surface area contributed by atoms with Gasteiger partial charge in [-0.1, -0.05) is 12.1 Å². The molecule has 0 aliphatic carbocycles. The molecule has 116 valence electrons. The smallest absolute Gasteiger partial charge is 0.408 e. The van der Waals surface area contributed by atoms with E-state index in [0.29, 0.717) is 26.2 Å². The van der Waals surface area contributed by atoms with E-state index < -0.39 is 12.2 Å². The molecular formula is C12H17Cl2F3N2O. The summed E-state index contributed by atoms with van der Waals surface area (Å²) in [6.45, 7) is 1.85. The number of phenols is 1. The number of nitrogens with one attached hydrogen (secondary N) is 1. The average Bonchev–Trinajstić information content (AvgIpc) is 2.32. The van der Waals surface area contributed by atoms with Crippen molar-refractivity contribution in [3.05, 3.63) is 29.8 Å². The molecule has 2 rings (SSSR count). The van der Waals surface area contributed by atoms with Gasteiger partial charge in [0.1, 0.15) is 11.8 Å². The first kappa shape index (κ1) is 19.3. The van der Waals surface area contributed by atoms with Crippen LogP contribution in [0.25, 0.3) is 0 Å². The van der Waals surface area contributed by atoms with Crippen molar-refractivity contribution in [2.75, 3.05) is 26.2 Å². The zero-order chi connectivity index (χ0) is 13.2. The fourth-order valence-electron chi connectivity index (χ4n) is 2.20. The van der Waals surface area contributed by atoms with Gasteiger partial charge in [-0.15, -0.1) is 24.8 Å². The second-order valence-electron chi connectivity index (χ2n) is 4.32. The van der Waals surface area contributed by atoms with Gasteiger partial charge >= 0.3 is 6.18 Å². The third-order valence-electron chi connectivity index (χ3n) is 3.04. The summed E-state index contributed by atoms with van der Waals surface area (Å²) in [6, 6.07) is 3.64. The van der Waals surface area contributed by atoms with Crippen molar-refractivity contribution >= 4 is 24.8 Å². The Morgan fingerprint density at radius 3 is 2.00 bits per heavy atom. The number of benzene rings is 1. The van der Waals surface area contributed by atoms with E-state index in [1.165, 1.54) is 29.2 Å². The van der Waals surface area contributed by atoms with Crippen LogP contribution < -0.4 is 5.32 Å². The third kappa shape index (κ3) is 4.70. The van der Waals surface area contributed by atoms with Crippen LogP contribution in [0.2, 0.25) is 0 Å². The van der Waals surface area contributed by atoms with Crippen molar-refractivity contribution in [3.63, 3.8) is 0 Å². The van der Waals surface area contributed by atoms with Crippen LogP contribution in [-0.2, 0) is 0 Å². The first-order chi connectivity index (χ1) is 8.48. The first-order valence-corrected chi connectivity index (χ1v) is 5.79. The molecular weight excluding hydrogens is 316 g/mol. The number of phenolic OH excluding ortho intramolecular Hbond substituents is 1. The number of nitrogens with zero attached hydrogens (tertiary/aromatic N) is 1. The maximum Gasteiger partial charge on any atom is 0.408 e. The zero-order valence-corrected chi connectivity index (χ0v) is 12.2. The summed E-state index contributed by atoms with van der Waals surface area (Å²) in [5, 5.41) is 12.2. The Morgan fingerprint density at radius 2 is 1.55 bits per heavy atom. The van der Waals surface area contributed by atoms with Crippen LogP contribution >= 0.6 is 24.8 Å². The maximum atomic E-state index is 13.2. The number of aromatic hydroxyl groups is 1. The highest BCUT2D eigenvalue weighted by Gasteiger charge is 2.44. The Balaban J connectivity index is 0.00000180. The van der Waals surface area contributed by atoms with Gasteiger partial charge in [-0.3, -0.25) is 4.90 Å². The molecule has 0 saturated carbocycles. The van der Waals surface area contributed by atoms with Gasteiger partial charge in [0.25, 0.3) is 0 Å². The molecule has 1 saturated heterocycles. The predicted molar refractivity (Wildman–Crippen MR) is 75.8 cm³/mol. The van der Waals surface area contributed by atoms with Gasteiger partial charge in [0.05, 0.1) is 0 Å². The molecule has 0 bridgehead atoms. The lowest BCUT2D eigenvalue weighted by Crippen LogP contribution is -2.49. The number of piperazine rings is 1. The van der Waals surface area contributed by atoms with Crippen LogP contribution in [0, 0.1) is 0 Å². The molecule has 0 aromatic heterocycles. The number of alkyl halides is 3. The van der Waals surface area contributed by atoms with E-state index in [4.69, 9.17) is 5.11 Å². The van der Waals surface area contributed by atoms with Crippen molar-refractivity contribution in [2.24, 2.45) is 0 Å². The fourth-order valence-corrected chi connectivity index (χ4v) is 2.20. The van der Waals surface area contributed by atoms with E-state index in [1.807, 2.05) is 0 Å². The Bertz CT molecular complexity index is 395. The quantitative estimate of drug-likeness (QED) is 0.874. The Kier molecular flexibility index (Phi) is 7.65. The molecule has 0 amide bonds. The first-order valence-electron chi connectivity index (χ1n) is 5.79. The molecule has 1 heterocycles. The van der Waals surface area contributed by atoms with Crippen LogP contribution in [-0.4, -0.2) is 42.4 Å². The minimum absolute atomic E-state index is 0. The van der Waals surface area contributed by atoms with E-state index in [9.17, 15) is 13.2 Å². The van der Waals surface area contributed by atoms with Crippen LogP contribution in [0.15, 0.2) is 24.3 Å². The lowest BCUT2D eigenvalue weighted by atomic mass is 10.0. The second-order valence-corrected chi connectivity index (χ2v) is 4.32. The fraction of sp³-hybridized carbons (Fsp3) is 0.500. The molecule has 8 heteroatoms. The summed E-state index contributed by atoms with van der Waals surface area (Å²) in [6.07, 6.45) is -4.31. The standard InChI is InChI=1S/C12H15F3N2O.2ClH/c13-12(14,15)11(17-7-5-16-6-8-17)9-1-3-10(18)4-2-9;;/h1-4,11,16,18H,5-8H2;2*1H/t11-;;/m0../s1. The maximum absolute atomic E-state index is 13.2. The Labute approximate surface area is 128 Å². The Hall–Kier alpha value is -0.690. The van der Waals surface area contributed by atoms with Gasteiger partial charge in [-0.2, -0.15) is 13.2 Å². The minimum atomic E-state index is -4.31. The lowest BCUT2D eigenvalue weighted by Gasteiger charge is -2.36. The number of hydrogen-bond donors (Lipinski definition) is 2. The summed E-state index contributed by atoms with van der Waals surface area (Å²) < 4.78 is 39.5. The molecule has 0 unspecified atom stereocenters. The molecule has 1 aromatic carbocycles. The highest BCUT2D eigenvalue weighted by Crippen LogP contribution is 2.38. The molecule has 1 aliphatic rings. The van der Waals surface area contributed by atoms with Crippen molar-refractivity contribution in [1.82, 2.24) is 10.2 Å². The molecule has 1 aromatic rings. The number of hydrogen-bond acceptors (Lipinski definition) is 3. The molecule has 0 radical (unpaired) electrons. The van der Waals surface area contributed by atoms with Crippen LogP contribution in [0.1, 0.15) is 11.6 Å². The predicted octanol–water partition coefficient (Wildman–Crippen LogP) is 2.74. The largest absolute Gasteiger partial charge is 0.508 e. The zero-order valence-electron chi connectivity index (χ0n) is 10.6. The number of halogens is 5. The average molecular weight is 333 g/mol. The molecule has 20 heavy (non-hydrogen) atoms. The second kappa shape index (κ2) is 7.93. The van der Waals surface area contributed by atoms with Gasteiger partial charge in [0, 0.05) is 26.2 Å². The van der Waals surface area contributed by atoms with Gasteiger partial charge < -0.3 is 10.4 Å². The highest BCUT2D eigenvalue weighted by molar-refractivity contribution is 5.85. The van der Waals surface area contributed by atoms with Crippen LogP contribution in [0.4, 0.5) is 13.2 Å². The van der Waals surface area contributed by atoms with Crippen molar-refractivity contribution in [2.45, 2.75) is 12.2 Å². The van der Waals surface area contributed by atoms with E-state index in [2.05, 4.69) is 5.32 Å². The van der Waals surface area contributed by atoms with Gasteiger partial charge in [0.2, 0.25) is 0 Å². The van der Waals surface area contributed by atoms with Crippen LogP contribution in [0.3, 0.4) is 0 Å². The monoisotopic (exact) mass is 332 g/mol. The van der Waals surface area contributed by atoms with Crippen LogP contribution in [0.5, 0.6) is 5.75 Å². The molecule has 1 aliphatic heterocycles. The summed E-state index contributed by atoms with van der Waals surface area (Å²) in [4.78, 5) is 1.42. The van der Waals surface area contributed by atoms with Crippen molar-refractivity contribution in [1.29, 1.82) is 0 Å². The summed E-state index contributed by atoms with van der Waals surface area (Å²) in [5.74, 6) is -0.0278. The van der Waals surface area contributed by atoms with Gasteiger partial charge in [-0.25, -0.2) is 0 Å². The summed E-state index contributed by atoms with van der Waals surface area (Å²) >= 11 is 0. The summed E-state index contributed by atoms with van der Waals surface area (Å²) in [7, 11) is 0. The summed E-state index contributed by atoms with van der Waals surface area (Å²) in [5.41, 5.74) is 0.169. The molecule has 3 nitrogen and oxygen atoms in total. The van der Waals surface area contributed by atoms with E-state index in [-0.39, 0.29) is 36.1 Å². The van der Waals surface area contributed by atoms with E-state index in [1.54, 1.807) is 0 Å². The third-order valence-corrected chi connectivity index (χ3v) is 3.04. The molecule has 2 N–H and O–H groups in total. The molecule has 1 atom stereocenters. The van der Waals surface area contributed by atoms with Crippen molar-refractivity contribution in [3.8, 4) is 5.75 Å². The Morgan fingerprint density at radius 1 is 1.05 bits per heavy atom. The van der Waals surface area contributed by atoms with Gasteiger partial charge in [-0.05, 0) is 17.7 Å². The topological polar surface area (TPSA) is 35.5 Å².